The van der Waals surface area contributed by atoms with Crippen LogP contribution in [0, 0.1) is 0 Å². The number of halogens is 1. The van der Waals surface area contributed by atoms with E-state index in [4.69, 9.17) is 0 Å². The Bertz CT molecular complexity index is 875. The van der Waals surface area contributed by atoms with Crippen LogP contribution >= 0.6 is 11.6 Å². The Balaban J connectivity index is 0.00000158. The third kappa shape index (κ3) is 6.50. The Kier molecular flexibility index (Phi) is 9.74. The van der Waals surface area contributed by atoms with Crippen molar-refractivity contribution in [1.82, 2.24) is 14.7 Å². The number of likely N-dealkylation sites (tertiary alicyclic amines) is 1. The number of nitrogens with zero attached hydrogens (tertiary/aromatic N) is 3. The first-order valence-corrected chi connectivity index (χ1v) is 12.4. The highest BCUT2D eigenvalue weighted by atomic mass is 35.5. The summed E-state index contributed by atoms with van der Waals surface area (Å²) in [6.45, 7) is 2.92. The predicted molar refractivity (Wildman–Crippen MR) is 133 cm³/mol. The van der Waals surface area contributed by atoms with Gasteiger partial charge in [-0.25, -0.2) is 4.79 Å². The van der Waals surface area contributed by atoms with Crippen LogP contribution in [0.4, 0.5) is 4.79 Å². The maximum Gasteiger partial charge on any atom is 0.407 e. The van der Waals surface area contributed by atoms with E-state index in [-0.39, 0.29) is 24.6 Å². The first-order chi connectivity index (χ1) is 16.5. The third-order valence-electron chi connectivity index (χ3n) is 6.50. The van der Waals surface area contributed by atoms with Gasteiger partial charge in [-0.05, 0) is 30.5 Å². The van der Waals surface area contributed by atoms with Gasteiger partial charge in [0.25, 0.3) is 0 Å². The number of β-amino-alcohol motifs (C(OH)–C–C–N with tert-alkyl or cyclic N) is 1. The summed E-state index contributed by atoms with van der Waals surface area (Å²) in [6.07, 6.45) is 1.84. The van der Waals surface area contributed by atoms with Crippen LogP contribution in [-0.2, 0) is 4.79 Å². The average Bonchev–Trinajstić information content (AvgIpc) is 2.86. The topological polar surface area (TPSA) is 84.3 Å². The van der Waals surface area contributed by atoms with Gasteiger partial charge < -0.3 is 20.0 Å². The van der Waals surface area contributed by atoms with Crippen molar-refractivity contribution in [2.24, 2.45) is 0 Å². The molecule has 2 saturated heterocycles. The van der Waals surface area contributed by atoms with Gasteiger partial charge in [0.1, 0.15) is 0 Å². The molecule has 0 radical (unpaired) electrons. The van der Waals surface area contributed by atoms with Crippen molar-refractivity contribution in [2.75, 3.05) is 45.7 Å². The Morgan fingerprint density at radius 1 is 0.941 bits per heavy atom. The van der Waals surface area contributed by atoms with Gasteiger partial charge in [-0.15, -0.1) is 11.6 Å². The SMILES string of the molecule is CCl.O=C(O)N1CCN(C(=O)C(c2ccccc2)c2ccccc2)[C@H](CN2CCC[C@H](O)C2)C1. The quantitative estimate of drug-likeness (QED) is 0.632. The standard InChI is InChI=1S/C25H31N3O4.CH3Cl/c29-22-12-7-13-26(18-22)16-21-17-27(25(31)32)14-15-28(21)24(30)23(19-8-3-1-4-9-19)20-10-5-2-6-11-20;1-2/h1-6,8-11,21-23,29H,7,12-18H2,(H,31,32);1H3/t21-,22+;/m1./s1. The Hall–Kier alpha value is -2.61. The summed E-state index contributed by atoms with van der Waals surface area (Å²) in [4.78, 5) is 31.1. The molecule has 2 fully saturated rings. The highest BCUT2D eigenvalue weighted by molar-refractivity contribution is 6.15. The summed E-state index contributed by atoms with van der Waals surface area (Å²) in [7, 11) is 0. The van der Waals surface area contributed by atoms with Crippen LogP contribution in [-0.4, -0.2) is 94.7 Å². The van der Waals surface area contributed by atoms with E-state index in [2.05, 4.69) is 16.5 Å². The number of carbonyl (C=O) groups is 2. The van der Waals surface area contributed by atoms with Crippen LogP contribution in [0.1, 0.15) is 29.9 Å². The summed E-state index contributed by atoms with van der Waals surface area (Å²) in [5, 5.41) is 19.6. The number of alkyl halides is 1. The van der Waals surface area contributed by atoms with Crippen molar-refractivity contribution in [1.29, 1.82) is 0 Å². The molecule has 2 aromatic rings. The van der Waals surface area contributed by atoms with Crippen LogP contribution in [0.15, 0.2) is 60.7 Å². The number of aliphatic hydroxyl groups is 1. The molecule has 0 unspecified atom stereocenters. The normalized spacial score (nSPS) is 21.1. The predicted octanol–water partition coefficient (Wildman–Crippen LogP) is 3.32. The molecular weight excluding hydrogens is 454 g/mol. The van der Waals surface area contributed by atoms with E-state index < -0.39 is 12.0 Å². The molecule has 2 aliphatic rings. The Morgan fingerprint density at radius 3 is 2.06 bits per heavy atom. The van der Waals surface area contributed by atoms with Crippen LogP contribution in [0.2, 0.25) is 0 Å². The van der Waals surface area contributed by atoms with E-state index in [0.717, 1.165) is 30.5 Å². The van der Waals surface area contributed by atoms with E-state index >= 15 is 0 Å². The molecule has 2 aromatic carbocycles. The molecule has 34 heavy (non-hydrogen) atoms. The zero-order valence-corrected chi connectivity index (χ0v) is 20.3. The van der Waals surface area contributed by atoms with Gasteiger partial charge in [-0.1, -0.05) is 60.7 Å². The van der Waals surface area contributed by atoms with Gasteiger partial charge >= 0.3 is 6.09 Å². The number of amides is 2. The smallest absolute Gasteiger partial charge is 0.407 e. The van der Waals surface area contributed by atoms with Crippen molar-refractivity contribution < 1.29 is 19.8 Å². The second-order valence-electron chi connectivity index (χ2n) is 8.72. The summed E-state index contributed by atoms with van der Waals surface area (Å²) in [5.41, 5.74) is 1.85. The lowest BCUT2D eigenvalue weighted by Crippen LogP contribution is -2.61. The molecule has 2 heterocycles. The molecule has 2 amide bonds. The maximum absolute atomic E-state index is 14.0. The molecule has 2 atom stereocenters. The van der Waals surface area contributed by atoms with Crippen molar-refractivity contribution in [2.45, 2.75) is 30.9 Å². The molecular formula is C26H34ClN3O4. The van der Waals surface area contributed by atoms with Crippen LogP contribution in [0.5, 0.6) is 0 Å². The number of hydrogen-bond acceptors (Lipinski definition) is 4. The maximum atomic E-state index is 14.0. The number of rotatable bonds is 5. The van der Waals surface area contributed by atoms with Crippen molar-refractivity contribution in [3.05, 3.63) is 71.8 Å². The number of piperidine rings is 1. The van der Waals surface area contributed by atoms with E-state index in [1.165, 1.54) is 11.3 Å². The van der Waals surface area contributed by atoms with Crippen molar-refractivity contribution >= 4 is 23.6 Å². The molecule has 0 spiro atoms. The van der Waals surface area contributed by atoms with Gasteiger partial charge in [-0.3, -0.25) is 9.69 Å². The lowest BCUT2D eigenvalue weighted by molar-refractivity contribution is -0.137. The summed E-state index contributed by atoms with van der Waals surface area (Å²) < 4.78 is 0. The zero-order valence-electron chi connectivity index (χ0n) is 19.6. The zero-order chi connectivity index (χ0) is 24.5. The summed E-state index contributed by atoms with van der Waals surface area (Å²) in [6, 6.07) is 19.3. The fourth-order valence-corrected chi connectivity index (χ4v) is 4.90. The molecule has 4 rings (SSSR count). The number of piperazine rings is 1. The molecule has 8 heteroatoms. The first kappa shape index (κ1) is 26.0. The van der Waals surface area contributed by atoms with Crippen LogP contribution in [0.25, 0.3) is 0 Å². The van der Waals surface area contributed by atoms with Crippen LogP contribution in [0.3, 0.4) is 0 Å². The minimum Gasteiger partial charge on any atom is -0.465 e. The second-order valence-corrected chi connectivity index (χ2v) is 8.72. The van der Waals surface area contributed by atoms with Gasteiger partial charge in [-0.2, -0.15) is 0 Å². The van der Waals surface area contributed by atoms with E-state index in [1.807, 2.05) is 65.6 Å². The van der Waals surface area contributed by atoms with Crippen molar-refractivity contribution in [3.63, 3.8) is 0 Å². The van der Waals surface area contributed by atoms with E-state index in [1.54, 1.807) is 0 Å². The van der Waals surface area contributed by atoms with Gasteiger partial charge in [0.15, 0.2) is 0 Å². The first-order valence-electron chi connectivity index (χ1n) is 11.7. The van der Waals surface area contributed by atoms with Crippen LogP contribution < -0.4 is 0 Å². The van der Waals surface area contributed by atoms with E-state index in [0.29, 0.717) is 26.2 Å². The lowest BCUT2D eigenvalue weighted by atomic mass is 9.89. The number of hydrogen-bond donors (Lipinski definition) is 2. The van der Waals surface area contributed by atoms with Gasteiger partial charge in [0.2, 0.25) is 5.91 Å². The van der Waals surface area contributed by atoms with Gasteiger partial charge in [0.05, 0.1) is 18.1 Å². The second kappa shape index (κ2) is 12.7. The fourth-order valence-electron chi connectivity index (χ4n) is 4.90. The lowest BCUT2D eigenvalue weighted by Gasteiger charge is -2.44. The summed E-state index contributed by atoms with van der Waals surface area (Å²) in [5.74, 6) is -0.446. The molecule has 2 aliphatic heterocycles. The number of carbonyl (C=O) groups excluding carboxylic acids is 1. The monoisotopic (exact) mass is 487 g/mol. The molecule has 0 bridgehead atoms. The average molecular weight is 488 g/mol. The highest BCUT2D eigenvalue weighted by Gasteiger charge is 2.37. The summed E-state index contributed by atoms with van der Waals surface area (Å²) >= 11 is 4.64. The molecule has 2 N–H and O–H groups in total. The molecule has 7 nitrogen and oxygen atoms in total. The number of carboxylic acid groups (broad SMARTS) is 1. The fraction of sp³-hybridized carbons (Fsp3) is 0.462. The minimum atomic E-state index is -0.955. The Morgan fingerprint density at radius 2 is 1.53 bits per heavy atom. The number of aliphatic hydroxyl groups excluding tert-OH is 1. The largest absolute Gasteiger partial charge is 0.465 e. The molecule has 0 saturated carbocycles. The van der Waals surface area contributed by atoms with E-state index in [9.17, 15) is 19.8 Å². The van der Waals surface area contributed by atoms with Gasteiger partial charge in [0, 0.05) is 39.1 Å². The molecule has 184 valence electrons. The highest BCUT2D eigenvalue weighted by Crippen LogP contribution is 2.29. The minimum absolute atomic E-state index is 0.00463. The Labute approximate surface area is 206 Å². The van der Waals surface area contributed by atoms with Crippen molar-refractivity contribution in [3.8, 4) is 0 Å². The number of benzene rings is 2. The third-order valence-corrected chi connectivity index (χ3v) is 6.50. The molecule has 0 aromatic heterocycles. The molecule has 0 aliphatic carbocycles.